The summed E-state index contributed by atoms with van der Waals surface area (Å²) in [4.78, 5) is 4.26. The number of aromatic nitrogens is 1. The minimum absolute atomic E-state index is 0.267. The number of pyridine rings is 1. The fraction of sp³-hybridized carbons (Fsp3) is 0.357. The Balaban J connectivity index is 1.94. The van der Waals surface area contributed by atoms with E-state index in [1.165, 1.54) is 11.3 Å². The minimum Gasteiger partial charge on any atom is -0.506 e. The molecule has 2 heterocycles. The maximum Gasteiger partial charge on any atom is 0.141 e. The molecule has 3 rings (SSSR count). The molecule has 2 N–H and O–H groups in total. The van der Waals surface area contributed by atoms with Crippen LogP contribution in [0.2, 0.25) is 0 Å². The van der Waals surface area contributed by atoms with Gasteiger partial charge in [0.25, 0.3) is 0 Å². The fourth-order valence-electron chi connectivity index (χ4n) is 2.39. The third kappa shape index (κ3) is 2.31. The summed E-state index contributed by atoms with van der Waals surface area (Å²) >= 11 is 2.03. The highest BCUT2D eigenvalue weighted by Gasteiger charge is 2.16. The Morgan fingerprint density at radius 1 is 1.39 bits per heavy atom. The van der Waals surface area contributed by atoms with Crippen LogP contribution in [0, 0.1) is 0 Å². The molecule has 0 bridgehead atoms. The zero-order valence-corrected chi connectivity index (χ0v) is 10.9. The van der Waals surface area contributed by atoms with Crippen molar-refractivity contribution in [1.82, 2.24) is 10.3 Å². The number of nitrogens with one attached hydrogen (secondary N) is 1. The van der Waals surface area contributed by atoms with Crippen LogP contribution in [0.3, 0.4) is 0 Å². The summed E-state index contributed by atoms with van der Waals surface area (Å²) in [6.45, 7) is 2.17. The molecular weight excluding hydrogens is 244 g/mol. The molecule has 1 aliphatic rings. The first-order valence-corrected chi connectivity index (χ1v) is 7.27. The topological polar surface area (TPSA) is 45.1 Å². The Hall–Kier alpha value is -1.26. The fourth-order valence-corrected chi connectivity index (χ4v) is 3.52. The van der Waals surface area contributed by atoms with Crippen molar-refractivity contribution in [2.24, 2.45) is 0 Å². The van der Waals surface area contributed by atoms with Crippen molar-refractivity contribution in [3.05, 3.63) is 36.0 Å². The van der Waals surface area contributed by atoms with E-state index in [0.29, 0.717) is 10.8 Å². The molecule has 1 atom stereocenters. The van der Waals surface area contributed by atoms with Crippen LogP contribution in [-0.2, 0) is 6.42 Å². The second-order valence-electron chi connectivity index (χ2n) is 4.54. The van der Waals surface area contributed by atoms with E-state index in [4.69, 9.17) is 0 Å². The summed E-state index contributed by atoms with van der Waals surface area (Å²) in [6.07, 6.45) is 2.75. The summed E-state index contributed by atoms with van der Waals surface area (Å²) < 4.78 is 0. The van der Waals surface area contributed by atoms with Gasteiger partial charge in [0.15, 0.2) is 0 Å². The van der Waals surface area contributed by atoms with E-state index in [-0.39, 0.29) is 5.75 Å². The van der Waals surface area contributed by atoms with E-state index < -0.39 is 0 Å². The van der Waals surface area contributed by atoms with Crippen molar-refractivity contribution in [1.29, 1.82) is 0 Å². The Bertz CT molecular complexity index is 552. The molecule has 0 saturated carbocycles. The minimum atomic E-state index is 0.267. The quantitative estimate of drug-likeness (QED) is 0.869. The van der Waals surface area contributed by atoms with Gasteiger partial charge in [-0.15, -0.1) is 0 Å². The van der Waals surface area contributed by atoms with Crippen LogP contribution in [0.15, 0.2) is 30.5 Å². The highest BCUT2D eigenvalue weighted by molar-refractivity contribution is 8.00. The summed E-state index contributed by atoms with van der Waals surface area (Å²) in [5, 5.41) is 14.9. The second kappa shape index (κ2) is 5.16. The summed E-state index contributed by atoms with van der Waals surface area (Å²) in [6, 6.07) is 7.75. The van der Waals surface area contributed by atoms with Gasteiger partial charge in [0, 0.05) is 35.7 Å². The molecule has 4 heteroatoms. The van der Waals surface area contributed by atoms with Gasteiger partial charge in [-0.2, -0.15) is 11.8 Å². The molecule has 3 nitrogen and oxygen atoms in total. The van der Waals surface area contributed by atoms with Crippen LogP contribution in [-0.4, -0.2) is 34.2 Å². The van der Waals surface area contributed by atoms with Crippen LogP contribution >= 0.6 is 11.8 Å². The average molecular weight is 260 g/mol. The molecule has 1 aliphatic heterocycles. The zero-order valence-electron chi connectivity index (χ0n) is 10.1. The number of aromatic hydroxyl groups is 1. The molecular formula is C14H16N2OS. The van der Waals surface area contributed by atoms with E-state index in [9.17, 15) is 5.11 Å². The SMILES string of the molecule is Oc1ccc(CC2CNCCS2)c2cccnc12. The average Bonchev–Trinajstić information content (AvgIpc) is 2.44. The van der Waals surface area contributed by atoms with Crippen LogP contribution in [0.1, 0.15) is 5.56 Å². The molecule has 1 fully saturated rings. The predicted molar refractivity (Wildman–Crippen MR) is 76.2 cm³/mol. The van der Waals surface area contributed by atoms with Crippen molar-refractivity contribution in [3.8, 4) is 5.75 Å². The maximum absolute atomic E-state index is 9.82. The molecule has 1 saturated heterocycles. The largest absolute Gasteiger partial charge is 0.506 e. The smallest absolute Gasteiger partial charge is 0.141 e. The molecule has 0 radical (unpaired) electrons. The van der Waals surface area contributed by atoms with Crippen molar-refractivity contribution in [2.75, 3.05) is 18.8 Å². The Morgan fingerprint density at radius 2 is 2.33 bits per heavy atom. The van der Waals surface area contributed by atoms with Crippen molar-refractivity contribution in [2.45, 2.75) is 11.7 Å². The van der Waals surface area contributed by atoms with E-state index in [2.05, 4.69) is 10.3 Å². The number of nitrogens with zero attached hydrogens (tertiary/aromatic N) is 1. The van der Waals surface area contributed by atoms with Gasteiger partial charge in [-0.05, 0) is 24.1 Å². The molecule has 2 aromatic rings. The zero-order chi connectivity index (χ0) is 12.4. The number of benzene rings is 1. The van der Waals surface area contributed by atoms with E-state index in [1.807, 2.05) is 30.0 Å². The first-order valence-electron chi connectivity index (χ1n) is 6.22. The van der Waals surface area contributed by atoms with Gasteiger partial charge in [-0.3, -0.25) is 4.98 Å². The predicted octanol–water partition coefficient (Wildman–Crippen LogP) is 2.19. The van der Waals surface area contributed by atoms with Crippen LogP contribution in [0.5, 0.6) is 5.75 Å². The lowest BCUT2D eigenvalue weighted by Gasteiger charge is -2.22. The number of phenolic OH excluding ortho intramolecular Hbond substituents is 1. The van der Waals surface area contributed by atoms with Gasteiger partial charge in [-0.1, -0.05) is 12.1 Å². The van der Waals surface area contributed by atoms with Crippen LogP contribution in [0.4, 0.5) is 0 Å². The molecule has 1 aromatic carbocycles. The number of fused-ring (bicyclic) bond motifs is 1. The lowest BCUT2D eigenvalue weighted by molar-refractivity contribution is 0.480. The summed E-state index contributed by atoms with van der Waals surface area (Å²) in [5.41, 5.74) is 1.99. The highest BCUT2D eigenvalue weighted by Crippen LogP contribution is 2.28. The molecule has 0 spiro atoms. The van der Waals surface area contributed by atoms with E-state index >= 15 is 0 Å². The lowest BCUT2D eigenvalue weighted by atomic mass is 10.0. The molecule has 1 unspecified atom stereocenters. The van der Waals surface area contributed by atoms with Crippen molar-refractivity contribution < 1.29 is 5.11 Å². The number of hydrogen-bond acceptors (Lipinski definition) is 4. The Labute approximate surface area is 111 Å². The maximum atomic E-state index is 9.82. The number of thioether (sulfide) groups is 1. The second-order valence-corrected chi connectivity index (χ2v) is 5.95. The molecule has 94 valence electrons. The van der Waals surface area contributed by atoms with Crippen molar-refractivity contribution >= 4 is 22.7 Å². The van der Waals surface area contributed by atoms with Gasteiger partial charge in [0.2, 0.25) is 0 Å². The first kappa shape index (κ1) is 11.8. The third-order valence-electron chi connectivity index (χ3n) is 3.29. The van der Waals surface area contributed by atoms with Gasteiger partial charge in [0.1, 0.15) is 11.3 Å². The van der Waals surface area contributed by atoms with Gasteiger partial charge in [-0.25, -0.2) is 0 Å². The molecule has 0 aliphatic carbocycles. The number of hydrogen-bond donors (Lipinski definition) is 2. The lowest BCUT2D eigenvalue weighted by Crippen LogP contribution is -2.33. The van der Waals surface area contributed by atoms with E-state index in [0.717, 1.165) is 24.9 Å². The normalized spacial score (nSPS) is 20.1. The molecule has 0 amide bonds. The molecule has 18 heavy (non-hydrogen) atoms. The van der Waals surface area contributed by atoms with Crippen LogP contribution < -0.4 is 5.32 Å². The standard InChI is InChI=1S/C14H16N2OS/c17-13-4-3-10(8-11-9-15-6-7-18-11)12-2-1-5-16-14(12)13/h1-5,11,15,17H,6-9H2. The number of rotatable bonds is 2. The number of phenols is 1. The first-order chi connectivity index (χ1) is 8.84. The van der Waals surface area contributed by atoms with Gasteiger partial charge < -0.3 is 10.4 Å². The summed E-state index contributed by atoms with van der Waals surface area (Å²) in [7, 11) is 0. The monoisotopic (exact) mass is 260 g/mol. The van der Waals surface area contributed by atoms with Gasteiger partial charge in [0.05, 0.1) is 0 Å². The Kier molecular flexibility index (Phi) is 3.39. The van der Waals surface area contributed by atoms with Crippen LogP contribution in [0.25, 0.3) is 10.9 Å². The molecule has 1 aromatic heterocycles. The van der Waals surface area contributed by atoms with Crippen molar-refractivity contribution in [3.63, 3.8) is 0 Å². The van der Waals surface area contributed by atoms with Gasteiger partial charge >= 0.3 is 0 Å². The van der Waals surface area contributed by atoms with E-state index in [1.54, 1.807) is 12.3 Å². The third-order valence-corrected chi connectivity index (χ3v) is 4.54. The highest BCUT2D eigenvalue weighted by atomic mass is 32.2. The Morgan fingerprint density at radius 3 is 3.17 bits per heavy atom. The summed E-state index contributed by atoms with van der Waals surface area (Å²) in [5.74, 6) is 1.45.